The van der Waals surface area contributed by atoms with E-state index in [1.165, 1.54) is 0 Å². The number of benzene rings is 1. The van der Waals surface area contributed by atoms with Crippen LogP contribution in [0.25, 0.3) is 0 Å². The van der Waals surface area contributed by atoms with Crippen LogP contribution < -0.4 is 5.32 Å². The lowest BCUT2D eigenvalue weighted by atomic mass is 9.97. The van der Waals surface area contributed by atoms with Crippen LogP contribution >= 0.6 is 15.9 Å². The van der Waals surface area contributed by atoms with Crippen molar-refractivity contribution in [2.75, 3.05) is 26.7 Å². The quantitative estimate of drug-likeness (QED) is 0.930. The first-order valence-corrected chi connectivity index (χ1v) is 7.18. The maximum absolute atomic E-state index is 12.2. The Labute approximate surface area is 117 Å². The van der Waals surface area contributed by atoms with Gasteiger partial charge in [0.25, 0.3) is 5.91 Å². The fraction of sp³-hybridized carbons (Fsp3) is 0.500. The normalized spacial score (nSPS) is 16.6. The van der Waals surface area contributed by atoms with Crippen LogP contribution in [-0.2, 0) is 0 Å². The van der Waals surface area contributed by atoms with Crippen LogP contribution in [0.15, 0.2) is 28.7 Å². The molecule has 4 heteroatoms. The Bertz CT molecular complexity index is 399. The van der Waals surface area contributed by atoms with Crippen LogP contribution in [0, 0.1) is 5.92 Å². The number of piperidine rings is 1. The molecule has 0 spiro atoms. The van der Waals surface area contributed by atoms with Crippen molar-refractivity contribution in [1.29, 1.82) is 0 Å². The highest BCUT2D eigenvalue weighted by atomic mass is 79.9. The summed E-state index contributed by atoms with van der Waals surface area (Å²) < 4.78 is 1.00. The second-order valence-corrected chi connectivity index (χ2v) is 5.80. The number of carbonyl (C=O) groups excluding carboxylic acids is 1. The highest BCUT2D eigenvalue weighted by Crippen LogP contribution is 2.15. The van der Waals surface area contributed by atoms with E-state index in [-0.39, 0.29) is 5.91 Å². The number of hydrogen-bond donors (Lipinski definition) is 1. The smallest absolute Gasteiger partial charge is 0.253 e. The summed E-state index contributed by atoms with van der Waals surface area (Å²) in [6.07, 6.45) is 2.33. The molecule has 1 fully saturated rings. The number of nitrogens with one attached hydrogen (secondary N) is 1. The summed E-state index contributed by atoms with van der Waals surface area (Å²) in [5.74, 6) is 0.747. The molecule has 0 bridgehead atoms. The average Bonchev–Trinajstić information content (AvgIpc) is 2.40. The minimum absolute atomic E-state index is 0.112. The molecule has 18 heavy (non-hydrogen) atoms. The topological polar surface area (TPSA) is 32.3 Å². The van der Waals surface area contributed by atoms with Gasteiger partial charge in [-0.2, -0.15) is 0 Å². The zero-order valence-corrected chi connectivity index (χ0v) is 12.2. The molecular formula is C14H19BrN2O. The number of rotatable bonds is 3. The van der Waals surface area contributed by atoms with Crippen LogP contribution in [0.5, 0.6) is 0 Å². The van der Waals surface area contributed by atoms with Gasteiger partial charge in [-0.1, -0.05) is 15.9 Å². The maximum atomic E-state index is 12.2. The summed E-state index contributed by atoms with van der Waals surface area (Å²) >= 11 is 3.38. The highest BCUT2D eigenvalue weighted by Gasteiger charge is 2.18. The summed E-state index contributed by atoms with van der Waals surface area (Å²) in [4.78, 5) is 14.1. The third-order valence-electron chi connectivity index (χ3n) is 3.43. The van der Waals surface area contributed by atoms with Gasteiger partial charge in [0.1, 0.15) is 0 Å². The minimum Gasteiger partial charge on any atom is -0.341 e. The maximum Gasteiger partial charge on any atom is 0.253 e. The Morgan fingerprint density at radius 3 is 2.56 bits per heavy atom. The molecule has 0 atom stereocenters. The number of halogens is 1. The molecule has 98 valence electrons. The van der Waals surface area contributed by atoms with Crippen LogP contribution in [0.4, 0.5) is 0 Å². The molecule has 1 saturated heterocycles. The first-order valence-electron chi connectivity index (χ1n) is 6.38. The van der Waals surface area contributed by atoms with E-state index in [2.05, 4.69) is 21.2 Å². The molecule has 0 aliphatic carbocycles. The van der Waals surface area contributed by atoms with Gasteiger partial charge in [-0.05, 0) is 56.1 Å². The minimum atomic E-state index is 0.112. The van der Waals surface area contributed by atoms with Gasteiger partial charge in [0.2, 0.25) is 0 Å². The molecule has 1 aliphatic heterocycles. The molecule has 0 saturated carbocycles. The molecule has 1 aromatic rings. The van der Waals surface area contributed by atoms with Gasteiger partial charge < -0.3 is 10.2 Å². The fourth-order valence-corrected chi connectivity index (χ4v) is 2.61. The van der Waals surface area contributed by atoms with E-state index < -0.39 is 0 Å². The first kappa shape index (κ1) is 13.6. The number of amides is 1. The lowest BCUT2D eigenvalue weighted by Crippen LogP contribution is -2.37. The summed E-state index contributed by atoms with van der Waals surface area (Å²) in [6, 6.07) is 7.55. The zero-order chi connectivity index (χ0) is 13.0. The third-order valence-corrected chi connectivity index (χ3v) is 3.96. The molecule has 1 heterocycles. The molecule has 0 unspecified atom stereocenters. The van der Waals surface area contributed by atoms with Crippen LogP contribution in [-0.4, -0.2) is 37.5 Å². The monoisotopic (exact) mass is 310 g/mol. The molecule has 2 rings (SSSR count). The zero-order valence-electron chi connectivity index (χ0n) is 10.7. The van der Waals surface area contributed by atoms with Crippen molar-refractivity contribution in [3.05, 3.63) is 34.3 Å². The average molecular weight is 311 g/mol. The van der Waals surface area contributed by atoms with E-state index >= 15 is 0 Å². The largest absolute Gasteiger partial charge is 0.341 e. The summed E-state index contributed by atoms with van der Waals surface area (Å²) in [6.45, 7) is 3.01. The van der Waals surface area contributed by atoms with Gasteiger partial charge in [-0.3, -0.25) is 4.79 Å². The first-order chi connectivity index (χ1) is 8.66. The third kappa shape index (κ3) is 3.56. The van der Waals surface area contributed by atoms with Gasteiger partial charge in [0, 0.05) is 23.6 Å². The van der Waals surface area contributed by atoms with Crippen molar-refractivity contribution in [3.63, 3.8) is 0 Å². The van der Waals surface area contributed by atoms with E-state index in [9.17, 15) is 4.79 Å². The van der Waals surface area contributed by atoms with E-state index in [1.807, 2.05) is 36.2 Å². The second-order valence-electron chi connectivity index (χ2n) is 4.89. The van der Waals surface area contributed by atoms with Gasteiger partial charge >= 0.3 is 0 Å². The van der Waals surface area contributed by atoms with E-state index in [4.69, 9.17) is 0 Å². The Balaban J connectivity index is 1.93. The van der Waals surface area contributed by atoms with Crippen molar-refractivity contribution < 1.29 is 4.79 Å². The molecule has 0 aromatic heterocycles. The Morgan fingerprint density at radius 2 is 1.94 bits per heavy atom. The molecule has 1 amide bonds. The predicted octanol–water partition coefficient (Wildman–Crippen LogP) is 2.52. The van der Waals surface area contributed by atoms with Gasteiger partial charge in [-0.15, -0.1) is 0 Å². The summed E-state index contributed by atoms with van der Waals surface area (Å²) in [5, 5.41) is 3.35. The molecule has 0 radical (unpaired) electrons. The van der Waals surface area contributed by atoms with Crippen molar-refractivity contribution in [1.82, 2.24) is 10.2 Å². The lowest BCUT2D eigenvalue weighted by Gasteiger charge is -2.27. The van der Waals surface area contributed by atoms with E-state index in [0.717, 1.165) is 42.5 Å². The van der Waals surface area contributed by atoms with Crippen LogP contribution in [0.3, 0.4) is 0 Å². The molecule has 1 aliphatic rings. The molecule has 1 N–H and O–H groups in total. The SMILES string of the molecule is CN(CC1CCNCC1)C(=O)c1ccc(Br)cc1. The van der Waals surface area contributed by atoms with Gasteiger partial charge in [0.05, 0.1) is 0 Å². The van der Waals surface area contributed by atoms with Crippen LogP contribution in [0.1, 0.15) is 23.2 Å². The van der Waals surface area contributed by atoms with Crippen molar-refractivity contribution in [3.8, 4) is 0 Å². The fourth-order valence-electron chi connectivity index (χ4n) is 2.35. The summed E-state index contributed by atoms with van der Waals surface area (Å²) in [7, 11) is 1.90. The van der Waals surface area contributed by atoms with Crippen molar-refractivity contribution in [2.45, 2.75) is 12.8 Å². The molecule has 1 aromatic carbocycles. The highest BCUT2D eigenvalue weighted by molar-refractivity contribution is 9.10. The molecular weight excluding hydrogens is 292 g/mol. The predicted molar refractivity (Wildman–Crippen MR) is 76.7 cm³/mol. The molecule has 3 nitrogen and oxygen atoms in total. The van der Waals surface area contributed by atoms with Crippen molar-refractivity contribution >= 4 is 21.8 Å². The van der Waals surface area contributed by atoms with E-state index in [1.54, 1.807) is 0 Å². The van der Waals surface area contributed by atoms with E-state index in [0.29, 0.717) is 5.92 Å². The summed E-state index contributed by atoms with van der Waals surface area (Å²) in [5.41, 5.74) is 0.759. The Hall–Kier alpha value is -0.870. The van der Waals surface area contributed by atoms with Gasteiger partial charge in [-0.25, -0.2) is 0 Å². The van der Waals surface area contributed by atoms with Gasteiger partial charge in [0.15, 0.2) is 0 Å². The number of hydrogen-bond acceptors (Lipinski definition) is 2. The standard InChI is InChI=1S/C14H19BrN2O/c1-17(10-11-6-8-16-9-7-11)14(18)12-2-4-13(15)5-3-12/h2-5,11,16H,6-10H2,1H3. The number of carbonyl (C=O) groups is 1. The Morgan fingerprint density at radius 1 is 1.33 bits per heavy atom. The number of nitrogens with zero attached hydrogens (tertiary/aromatic N) is 1. The second kappa shape index (κ2) is 6.34. The Kier molecular flexibility index (Phi) is 4.78. The lowest BCUT2D eigenvalue weighted by molar-refractivity contribution is 0.0763. The van der Waals surface area contributed by atoms with Crippen LogP contribution in [0.2, 0.25) is 0 Å². The van der Waals surface area contributed by atoms with Crippen molar-refractivity contribution in [2.24, 2.45) is 5.92 Å².